The van der Waals surface area contributed by atoms with Crippen LogP contribution in [0.3, 0.4) is 0 Å². The average molecular weight is 290 g/mol. The Labute approximate surface area is 125 Å². The standard InChI is InChI=1S/C17H20ClNO/c1-2-20-17-9-4-3-7-14(17)12-16(19)11-13-6-5-8-15(18)10-13/h3-10,16H,2,11-12,19H2,1H3. The lowest BCUT2D eigenvalue weighted by Crippen LogP contribution is -2.25. The van der Waals surface area contributed by atoms with Gasteiger partial charge in [0.15, 0.2) is 0 Å². The van der Waals surface area contributed by atoms with E-state index >= 15 is 0 Å². The summed E-state index contributed by atoms with van der Waals surface area (Å²) >= 11 is 5.99. The molecule has 0 amide bonds. The monoisotopic (exact) mass is 289 g/mol. The molecule has 0 saturated carbocycles. The van der Waals surface area contributed by atoms with E-state index in [9.17, 15) is 0 Å². The second-order valence-corrected chi connectivity index (χ2v) is 5.28. The highest BCUT2D eigenvalue weighted by molar-refractivity contribution is 6.30. The summed E-state index contributed by atoms with van der Waals surface area (Å²) in [5.41, 5.74) is 8.58. The molecule has 0 spiro atoms. The summed E-state index contributed by atoms with van der Waals surface area (Å²) in [4.78, 5) is 0. The second kappa shape index (κ2) is 7.32. The predicted molar refractivity (Wildman–Crippen MR) is 84.4 cm³/mol. The minimum absolute atomic E-state index is 0.0510. The molecular formula is C17H20ClNO. The molecule has 2 N–H and O–H groups in total. The van der Waals surface area contributed by atoms with Gasteiger partial charge in [0.2, 0.25) is 0 Å². The Hall–Kier alpha value is -1.51. The van der Waals surface area contributed by atoms with Crippen molar-refractivity contribution in [1.29, 1.82) is 0 Å². The molecule has 0 aliphatic rings. The largest absolute Gasteiger partial charge is 0.494 e. The third kappa shape index (κ3) is 4.26. The first-order chi connectivity index (χ1) is 9.69. The smallest absolute Gasteiger partial charge is 0.122 e. The SMILES string of the molecule is CCOc1ccccc1CC(N)Cc1cccc(Cl)c1. The fourth-order valence-electron chi connectivity index (χ4n) is 2.29. The molecule has 0 aliphatic carbocycles. The topological polar surface area (TPSA) is 35.2 Å². The van der Waals surface area contributed by atoms with Gasteiger partial charge in [-0.25, -0.2) is 0 Å². The molecule has 0 aliphatic heterocycles. The minimum Gasteiger partial charge on any atom is -0.494 e. The molecule has 20 heavy (non-hydrogen) atoms. The fraction of sp³-hybridized carbons (Fsp3) is 0.294. The van der Waals surface area contributed by atoms with Crippen molar-refractivity contribution in [3.8, 4) is 5.75 Å². The highest BCUT2D eigenvalue weighted by Crippen LogP contribution is 2.20. The van der Waals surface area contributed by atoms with Crippen LogP contribution in [0.15, 0.2) is 48.5 Å². The van der Waals surface area contributed by atoms with Gasteiger partial charge in [-0.15, -0.1) is 0 Å². The first-order valence-electron chi connectivity index (χ1n) is 6.89. The van der Waals surface area contributed by atoms with Gasteiger partial charge in [0.25, 0.3) is 0 Å². The summed E-state index contributed by atoms with van der Waals surface area (Å²) < 4.78 is 5.63. The number of para-hydroxylation sites is 1. The highest BCUT2D eigenvalue weighted by atomic mass is 35.5. The van der Waals surface area contributed by atoms with Gasteiger partial charge in [0.05, 0.1) is 6.61 Å². The summed E-state index contributed by atoms with van der Waals surface area (Å²) in [6.07, 6.45) is 1.60. The molecule has 2 rings (SSSR count). The van der Waals surface area contributed by atoms with Crippen LogP contribution in [0.25, 0.3) is 0 Å². The molecule has 1 unspecified atom stereocenters. The van der Waals surface area contributed by atoms with Gasteiger partial charge in [0, 0.05) is 11.1 Å². The molecule has 0 saturated heterocycles. The van der Waals surface area contributed by atoms with E-state index in [1.165, 1.54) is 5.56 Å². The van der Waals surface area contributed by atoms with Gasteiger partial charge in [-0.3, -0.25) is 0 Å². The van der Waals surface area contributed by atoms with Crippen molar-refractivity contribution >= 4 is 11.6 Å². The lowest BCUT2D eigenvalue weighted by molar-refractivity contribution is 0.335. The molecule has 3 heteroatoms. The van der Waals surface area contributed by atoms with Crippen LogP contribution in [-0.2, 0) is 12.8 Å². The van der Waals surface area contributed by atoms with Gasteiger partial charge >= 0.3 is 0 Å². The lowest BCUT2D eigenvalue weighted by atomic mass is 9.99. The fourth-order valence-corrected chi connectivity index (χ4v) is 2.50. The van der Waals surface area contributed by atoms with Crippen LogP contribution in [0.4, 0.5) is 0 Å². The third-order valence-electron chi connectivity index (χ3n) is 3.14. The highest BCUT2D eigenvalue weighted by Gasteiger charge is 2.09. The Balaban J connectivity index is 2.02. The molecule has 106 valence electrons. The van der Waals surface area contributed by atoms with E-state index in [0.717, 1.165) is 29.2 Å². The van der Waals surface area contributed by atoms with Crippen molar-refractivity contribution in [3.63, 3.8) is 0 Å². The normalized spacial score (nSPS) is 12.2. The van der Waals surface area contributed by atoms with Crippen molar-refractivity contribution in [2.75, 3.05) is 6.61 Å². The van der Waals surface area contributed by atoms with Gasteiger partial charge in [0.1, 0.15) is 5.75 Å². The quantitative estimate of drug-likeness (QED) is 0.876. The predicted octanol–water partition coefficient (Wildman–Crippen LogP) is 3.85. The van der Waals surface area contributed by atoms with Crippen LogP contribution < -0.4 is 10.5 Å². The number of rotatable bonds is 6. The summed E-state index contributed by atoms with van der Waals surface area (Å²) in [6, 6.07) is 16.0. The minimum atomic E-state index is 0.0510. The first-order valence-corrected chi connectivity index (χ1v) is 7.27. The average Bonchev–Trinajstić information content (AvgIpc) is 2.41. The van der Waals surface area contributed by atoms with Crippen molar-refractivity contribution in [2.24, 2.45) is 5.73 Å². The first kappa shape index (κ1) is 14.9. The van der Waals surface area contributed by atoms with Gasteiger partial charge in [-0.2, -0.15) is 0 Å². The molecule has 0 heterocycles. The van der Waals surface area contributed by atoms with Gasteiger partial charge < -0.3 is 10.5 Å². The van der Waals surface area contributed by atoms with Gasteiger partial charge in [-0.05, 0) is 49.1 Å². The number of nitrogens with two attached hydrogens (primary N) is 1. The molecule has 0 aromatic heterocycles. The molecule has 2 nitrogen and oxygen atoms in total. The molecule has 2 aromatic carbocycles. The summed E-state index contributed by atoms with van der Waals surface area (Å²) in [5, 5.41) is 0.754. The maximum Gasteiger partial charge on any atom is 0.122 e. The van der Waals surface area contributed by atoms with E-state index in [1.54, 1.807) is 0 Å². The van der Waals surface area contributed by atoms with Crippen LogP contribution in [0.1, 0.15) is 18.1 Å². The number of benzene rings is 2. The number of hydrogen-bond acceptors (Lipinski definition) is 2. The maximum atomic E-state index is 6.25. The number of ether oxygens (including phenoxy) is 1. The van der Waals surface area contributed by atoms with E-state index in [2.05, 4.69) is 12.1 Å². The molecule has 0 bridgehead atoms. The van der Waals surface area contributed by atoms with Crippen molar-refractivity contribution < 1.29 is 4.74 Å². The van der Waals surface area contributed by atoms with E-state index in [0.29, 0.717) is 6.61 Å². The zero-order valence-corrected chi connectivity index (χ0v) is 12.4. The van der Waals surface area contributed by atoms with E-state index < -0.39 is 0 Å². The number of halogens is 1. The van der Waals surface area contributed by atoms with Crippen molar-refractivity contribution in [1.82, 2.24) is 0 Å². The maximum absolute atomic E-state index is 6.25. The van der Waals surface area contributed by atoms with E-state index in [4.69, 9.17) is 22.1 Å². The van der Waals surface area contributed by atoms with Crippen LogP contribution >= 0.6 is 11.6 Å². The molecule has 1 atom stereocenters. The van der Waals surface area contributed by atoms with Crippen molar-refractivity contribution in [3.05, 3.63) is 64.7 Å². The Bertz CT molecular complexity index is 556. The zero-order chi connectivity index (χ0) is 14.4. The summed E-state index contributed by atoms with van der Waals surface area (Å²) in [7, 11) is 0. The Kier molecular flexibility index (Phi) is 5.45. The molecule has 0 fully saturated rings. The van der Waals surface area contributed by atoms with Crippen LogP contribution in [0.5, 0.6) is 5.75 Å². The Morgan fingerprint density at radius 3 is 2.65 bits per heavy atom. The third-order valence-corrected chi connectivity index (χ3v) is 3.38. The summed E-state index contributed by atoms with van der Waals surface area (Å²) in [5.74, 6) is 0.927. The molecule has 2 aromatic rings. The molecular weight excluding hydrogens is 270 g/mol. The van der Waals surface area contributed by atoms with Crippen molar-refractivity contribution in [2.45, 2.75) is 25.8 Å². The van der Waals surface area contributed by atoms with Crippen LogP contribution in [-0.4, -0.2) is 12.6 Å². The van der Waals surface area contributed by atoms with Crippen LogP contribution in [0, 0.1) is 0 Å². The lowest BCUT2D eigenvalue weighted by Gasteiger charge is -2.15. The van der Waals surface area contributed by atoms with E-state index in [-0.39, 0.29) is 6.04 Å². The Morgan fingerprint density at radius 2 is 1.90 bits per heavy atom. The number of hydrogen-bond donors (Lipinski definition) is 1. The van der Waals surface area contributed by atoms with E-state index in [1.807, 2.05) is 43.3 Å². The zero-order valence-electron chi connectivity index (χ0n) is 11.7. The summed E-state index contributed by atoms with van der Waals surface area (Å²) in [6.45, 7) is 2.66. The van der Waals surface area contributed by atoms with Gasteiger partial charge in [-0.1, -0.05) is 41.9 Å². The Morgan fingerprint density at radius 1 is 1.10 bits per heavy atom. The second-order valence-electron chi connectivity index (χ2n) is 4.84. The molecule has 0 radical (unpaired) electrons. The van der Waals surface area contributed by atoms with Crippen LogP contribution in [0.2, 0.25) is 5.02 Å².